The molecule has 1 aromatic carbocycles. The van der Waals surface area contributed by atoms with Crippen LogP contribution in [0.15, 0.2) is 36.7 Å². The number of fused-ring (bicyclic) bond motifs is 1. The number of nitrogens with one attached hydrogen (secondary N) is 1. The van der Waals surface area contributed by atoms with Gasteiger partial charge in [0.05, 0.1) is 19.8 Å². The first kappa shape index (κ1) is 14.4. The van der Waals surface area contributed by atoms with Crippen molar-refractivity contribution < 1.29 is 14.3 Å². The molecule has 1 aliphatic heterocycles. The van der Waals surface area contributed by atoms with Crippen LogP contribution < -0.4 is 14.8 Å². The topological polar surface area (TPSA) is 65.4 Å². The Morgan fingerprint density at radius 1 is 1.36 bits per heavy atom. The number of rotatable bonds is 4. The Kier molecular flexibility index (Phi) is 4.27. The summed E-state index contributed by atoms with van der Waals surface area (Å²) in [4.78, 5) is 12.3. The van der Waals surface area contributed by atoms with Crippen molar-refractivity contribution in [2.75, 3.05) is 13.2 Å². The van der Waals surface area contributed by atoms with Crippen LogP contribution in [-0.4, -0.2) is 34.9 Å². The minimum Gasteiger partial charge on any atom is -0.490 e. The number of nitrogens with zero attached hydrogens (tertiary/aromatic N) is 2. The quantitative estimate of drug-likeness (QED) is 0.936. The number of amides is 1. The van der Waals surface area contributed by atoms with Crippen molar-refractivity contribution in [3.05, 3.63) is 42.2 Å². The van der Waals surface area contributed by atoms with E-state index in [1.807, 2.05) is 19.2 Å². The Morgan fingerprint density at radius 3 is 2.95 bits per heavy atom. The highest BCUT2D eigenvalue weighted by atomic mass is 16.5. The Morgan fingerprint density at radius 2 is 2.18 bits per heavy atom. The lowest BCUT2D eigenvalue weighted by Gasteiger charge is -2.15. The molecule has 1 N–H and O–H groups in total. The van der Waals surface area contributed by atoms with E-state index >= 15 is 0 Å². The number of aromatic nitrogens is 2. The summed E-state index contributed by atoms with van der Waals surface area (Å²) >= 11 is 0. The van der Waals surface area contributed by atoms with E-state index in [0.29, 0.717) is 36.8 Å². The van der Waals surface area contributed by atoms with Crippen LogP contribution in [0.25, 0.3) is 0 Å². The van der Waals surface area contributed by atoms with Crippen molar-refractivity contribution in [3.8, 4) is 11.5 Å². The van der Waals surface area contributed by atoms with Crippen LogP contribution in [-0.2, 0) is 6.54 Å². The molecule has 6 nitrogen and oxygen atoms in total. The zero-order valence-corrected chi connectivity index (χ0v) is 12.5. The lowest BCUT2D eigenvalue weighted by Crippen LogP contribution is -2.35. The molecular formula is C16H19N3O3. The van der Waals surface area contributed by atoms with E-state index in [4.69, 9.17) is 9.47 Å². The minimum atomic E-state index is -0.129. The van der Waals surface area contributed by atoms with Crippen molar-refractivity contribution in [1.82, 2.24) is 15.1 Å². The second-order valence-corrected chi connectivity index (χ2v) is 5.31. The standard InChI is InChI=1S/C16H19N3O3/c1-12(11-19-7-2-6-17-19)18-16(20)13-4-5-14-15(10-13)22-9-3-8-21-14/h2,4-7,10,12H,3,8-9,11H2,1H3,(H,18,20). The van der Waals surface area contributed by atoms with Gasteiger partial charge in [0.2, 0.25) is 0 Å². The summed E-state index contributed by atoms with van der Waals surface area (Å²) < 4.78 is 13.0. The molecule has 1 aliphatic rings. The molecule has 116 valence electrons. The van der Waals surface area contributed by atoms with Crippen LogP contribution in [0.3, 0.4) is 0 Å². The predicted molar refractivity (Wildman–Crippen MR) is 81.2 cm³/mol. The van der Waals surface area contributed by atoms with Crippen LogP contribution in [0.4, 0.5) is 0 Å². The van der Waals surface area contributed by atoms with Crippen LogP contribution in [0.1, 0.15) is 23.7 Å². The number of hydrogen-bond donors (Lipinski definition) is 1. The van der Waals surface area contributed by atoms with E-state index in [0.717, 1.165) is 6.42 Å². The first-order chi connectivity index (χ1) is 10.7. The number of carbonyl (C=O) groups is 1. The summed E-state index contributed by atoms with van der Waals surface area (Å²) in [6.07, 6.45) is 4.44. The largest absolute Gasteiger partial charge is 0.490 e. The molecule has 0 saturated carbocycles. The molecular weight excluding hydrogens is 282 g/mol. The summed E-state index contributed by atoms with van der Waals surface area (Å²) in [5.74, 6) is 1.19. The van der Waals surface area contributed by atoms with Crippen molar-refractivity contribution in [2.45, 2.75) is 25.9 Å². The molecule has 3 rings (SSSR count). The second-order valence-electron chi connectivity index (χ2n) is 5.31. The van der Waals surface area contributed by atoms with Gasteiger partial charge in [-0.3, -0.25) is 9.48 Å². The van der Waals surface area contributed by atoms with Gasteiger partial charge in [0.15, 0.2) is 11.5 Å². The SMILES string of the molecule is CC(Cn1cccn1)NC(=O)c1ccc2c(c1)OCCCO2. The zero-order valence-electron chi connectivity index (χ0n) is 12.5. The van der Waals surface area contributed by atoms with Gasteiger partial charge in [-0.25, -0.2) is 0 Å². The van der Waals surface area contributed by atoms with Crippen molar-refractivity contribution >= 4 is 5.91 Å². The molecule has 1 unspecified atom stereocenters. The molecule has 2 heterocycles. The normalized spacial score (nSPS) is 15.0. The number of hydrogen-bond acceptors (Lipinski definition) is 4. The Balaban J connectivity index is 1.65. The third-order valence-electron chi connectivity index (χ3n) is 3.41. The number of benzene rings is 1. The summed E-state index contributed by atoms with van der Waals surface area (Å²) in [6.45, 7) is 3.82. The molecule has 0 aliphatic carbocycles. The first-order valence-corrected chi connectivity index (χ1v) is 7.40. The monoisotopic (exact) mass is 301 g/mol. The molecule has 0 spiro atoms. The highest BCUT2D eigenvalue weighted by Crippen LogP contribution is 2.30. The van der Waals surface area contributed by atoms with Gasteiger partial charge in [0.1, 0.15) is 0 Å². The Hall–Kier alpha value is -2.50. The fraction of sp³-hybridized carbons (Fsp3) is 0.375. The molecule has 0 radical (unpaired) electrons. The lowest BCUT2D eigenvalue weighted by molar-refractivity contribution is 0.0935. The van der Waals surface area contributed by atoms with E-state index in [9.17, 15) is 4.79 Å². The maximum atomic E-state index is 12.3. The third-order valence-corrected chi connectivity index (χ3v) is 3.41. The summed E-state index contributed by atoms with van der Waals surface area (Å²) in [6, 6.07) is 7.11. The molecule has 2 aromatic rings. The van der Waals surface area contributed by atoms with Gasteiger partial charge >= 0.3 is 0 Å². The Bertz CT molecular complexity index is 640. The van der Waals surface area contributed by atoms with Crippen LogP contribution in [0.2, 0.25) is 0 Å². The highest BCUT2D eigenvalue weighted by molar-refractivity contribution is 5.95. The van der Waals surface area contributed by atoms with E-state index < -0.39 is 0 Å². The molecule has 0 bridgehead atoms. The fourth-order valence-corrected chi connectivity index (χ4v) is 2.35. The predicted octanol–water partition coefficient (Wildman–Crippen LogP) is 1.86. The molecule has 1 atom stereocenters. The average molecular weight is 301 g/mol. The van der Waals surface area contributed by atoms with Gasteiger partial charge < -0.3 is 14.8 Å². The molecule has 1 amide bonds. The maximum Gasteiger partial charge on any atom is 0.251 e. The van der Waals surface area contributed by atoms with Crippen LogP contribution >= 0.6 is 0 Å². The second kappa shape index (κ2) is 6.51. The summed E-state index contributed by atoms with van der Waals surface area (Å²) in [7, 11) is 0. The Labute approximate surface area is 129 Å². The molecule has 6 heteroatoms. The fourth-order valence-electron chi connectivity index (χ4n) is 2.35. The van der Waals surface area contributed by atoms with Crippen molar-refractivity contribution in [3.63, 3.8) is 0 Å². The zero-order chi connectivity index (χ0) is 15.4. The van der Waals surface area contributed by atoms with Gasteiger partial charge in [-0.15, -0.1) is 0 Å². The number of carbonyl (C=O) groups excluding carboxylic acids is 1. The van der Waals surface area contributed by atoms with Gasteiger partial charge in [0, 0.05) is 30.4 Å². The summed E-state index contributed by atoms with van der Waals surface area (Å²) in [5.41, 5.74) is 0.566. The smallest absolute Gasteiger partial charge is 0.251 e. The third kappa shape index (κ3) is 3.39. The van der Waals surface area contributed by atoms with E-state index in [2.05, 4.69) is 10.4 Å². The van der Waals surface area contributed by atoms with E-state index in [1.165, 1.54) is 0 Å². The van der Waals surface area contributed by atoms with Gasteiger partial charge in [0.25, 0.3) is 5.91 Å². The van der Waals surface area contributed by atoms with Crippen molar-refractivity contribution in [2.24, 2.45) is 0 Å². The minimum absolute atomic E-state index is 0.0246. The van der Waals surface area contributed by atoms with E-state index in [-0.39, 0.29) is 11.9 Å². The van der Waals surface area contributed by atoms with Gasteiger partial charge in [-0.1, -0.05) is 0 Å². The number of ether oxygens (including phenoxy) is 2. The summed E-state index contributed by atoms with van der Waals surface area (Å²) in [5, 5.41) is 7.09. The molecule has 0 fully saturated rings. The molecule has 0 saturated heterocycles. The molecule has 1 aromatic heterocycles. The molecule has 22 heavy (non-hydrogen) atoms. The van der Waals surface area contributed by atoms with Gasteiger partial charge in [-0.05, 0) is 31.2 Å². The highest BCUT2D eigenvalue weighted by Gasteiger charge is 2.15. The maximum absolute atomic E-state index is 12.3. The first-order valence-electron chi connectivity index (χ1n) is 7.40. The average Bonchev–Trinajstić information content (AvgIpc) is 2.89. The van der Waals surface area contributed by atoms with Crippen LogP contribution in [0, 0.1) is 0 Å². The van der Waals surface area contributed by atoms with Gasteiger partial charge in [-0.2, -0.15) is 5.10 Å². The van der Waals surface area contributed by atoms with Crippen molar-refractivity contribution in [1.29, 1.82) is 0 Å². The van der Waals surface area contributed by atoms with Crippen LogP contribution in [0.5, 0.6) is 11.5 Å². The lowest BCUT2D eigenvalue weighted by atomic mass is 10.1. The van der Waals surface area contributed by atoms with E-state index in [1.54, 1.807) is 29.1 Å².